The summed E-state index contributed by atoms with van der Waals surface area (Å²) in [6.45, 7) is 1.72. The van der Waals surface area contributed by atoms with Gasteiger partial charge in [0.15, 0.2) is 6.10 Å². The zero-order chi connectivity index (χ0) is 21.0. The number of carbonyl (C=O) groups is 3. The van der Waals surface area contributed by atoms with Crippen molar-refractivity contribution in [3.8, 4) is 11.5 Å². The fourth-order valence-electron chi connectivity index (χ4n) is 2.72. The summed E-state index contributed by atoms with van der Waals surface area (Å²) in [4.78, 5) is 37.7. The molecule has 7 nitrogen and oxygen atoms in total. The third-order valence-electron chi connectivity index (χ3n) is 4.20. The molecule has 0 aromatic heterocycles. The number of ether oxygens (including phenoxy) is 2. The number of nitrogens with zero attached hydrogens (tertiary/aromatic N) is 1. The van der Waals surface area contributed by atoms with E-state index in [9.17, 15) is 14.4 Å². The van der Waals surface area contributed by atoms with Crippen LogP contribution in [0.2, 0.25) is 0 Å². The molecule has 0 saturated carbocycles. The van der Waals surface area contributed by atoms with Crippen molar-refractivity contribution in [1.29, 1.82) is 0 Å². The van der Waals surface area contributed by atoms with Gasteiger partial charge >= 0.3 is 5.97 Å². The summed E-state index contributed by atoms with van der Waals surface area (Å²) in [6, 6.07) is 13.4. The lowest BCUT2D eigenvalue weighted by molar-refractivity contribution is -0.145. The Morgan fingerprint density at radius 3 is 2.52 bits per heavy atom. The summed E-state index contributed by atoms with van der Waals surface area (Å²) in [5.74, 6) is -0.464. The summed E-state index contributed by atoms with van der Waals surface area (Å²) in [5, 5.41) is 8.74. The number of benzene rings is 2. The van der Waals surface area contributed by atoms with E-state index in [0.29, 0.717) is 29.2 Å². The van der Waals surface area contributed by atoms with Gasteiger partial charge in [-0.3, -0.25) is 9.59 Å². The van der Waals surface area contributed by atoms with Crippen molar-refractivity contribution in [2.24, 2.45) is 0 Å². The van der Waals surface area contributed by atoms with Gasteiger partial charge in [0.05, 0.1) is 17.7 Å². The van der Waals surface area contributed by atoms with Crippen LogP contribution in [0, 0.1) is 0 Å². The molecule has 1 aliphatic heterocycles. The molecule has 2 amide bonds. The maximum absolute atomic E-state index is 12.7. The normalized spacial score (nSPS) is 16.2. The van der Waals surface area contributed by atoms with E-state index in [4.69, 9.17) is 14.6 Å². The first-order valence-corrected chi connectivity index (χ1v) is 9.66. The Balaban J connectivity index is 1.82. The number of thioether (sulfide) groups is 1. The molecule has 1 heterocycles. The smallest absolute Gasteiger partial charge is 0.344 e. The molecule has 0 bridgehead atoms. The first kappa shape index (κ1) is 20.5. The van der Waals surface area contributed by atoms with E-state index in [1.54, 1.807) is 61.5 Å². The lowest BCUT2D eigenvalue weighted by Gasteiger charge is -2.13. The van der Waals surface area contributed by atoms with E-state index in [1.807, 2.05) is 0 Å². The zero-order valence-corrected chi connectivity index (χ0v) is 16.6. The second-order valence-corrected chi connectivity index (χ2v) is 7.13. The third kappa shape index (κ3) is 4.60. The number of rotatable bonds is 7. The number of methoxy groups -OCH3 is 1. The van der Waals surface area contributed by atoms with Crippen molar-refractivity contribution in [2.75, 3.05) is 12.0 Å². The first-order valence-electron chi connectivity index (χ1n) is 8.84. The molecular formula is C21H19NO6S. The lowest BCUT2D eigenvalue weighted by Crippen LogP contribution is -2.27. The molecule has 1 fully saturated rings. The van der Waals surface area contributed by atoms with E-state index in [0.717, 1.165) is 16.7 Å². The highest BCUT2D eigenvalue weighted by Gasteiger charge is 2.36. The van der Waals surface area contributed by atoms with Gasteiger partial charge in [0.2, 0.25) is 0 Å². The van der Waals surface area contributed by atoms with Gasteiger partial charge in [0, 0.05) is 0 Å². The minimum absolute atomic E-state index is 0.272. The molecule has 2 aromatic carbocycles. The summed E-state index contributed by atoms with van der Waals surface area (Å²) >= 11 is 0.843. The standard InChI is InChI=1S/C21H19NO6S/c1-3-17(20(24)25)28-16-6-4-5-13(11-16)12-18-19(23)22(21(26)29-18)14-7-9-15(27-2)10-8-14/h4-12,17H,3H2,1-2H3,(H,24,25)/b18-12+. The van der Waals surface area contributed by atoms with Crippen LogP contribution < -0.4 is 14.4 Å². The molecule has 1 unspecified atom stereocenters. The minimum atomic E-state index is -1.04. The highest BCUT2D eigenvalue weighted by Crippen LogP contribution is 2.36. The number of hydrogen-bond donors (Lipinski definition) is 1. The maximum Gasteiger partial charge on any atom is 0.344 e. The Labute approximate surface area is 171 Å². The van der Waals surface area contributed by atoms with Crippen LogP contribution in [0.4, 0.5) is 10.5 Å². The van der Waals surface area contributed by atoms with Gasteiger partial charge in [-0.25, -0.2) is 9.69 Å². The van der Waals surface area contributed by atoms with E-state index in [-0.39, 0.29) is 4.91 Å². The van der Waals surface area contributed by atoms with Gasteiger partial charge in [0.25, 0.3) is 11.1 Å². The molecule has 3 rings (SSSR count). The van der Waals surface area contributed by atoms with Crippen molar-refractivity contribution in [2.45, 2.75) is 19.4 Å². The van der Waals surface area contributed by atoms with Crippen molar-refractivity contribution in [3.05, 3.63) is 59.0 Å². The predicted octanol–water partition coefficient (Wildman–Crippen LogP) is 4.18. The quantitative estimate of drug-likeness (QED) is 0.681. The van der Waals surface area contributed by atoms with Crippen LogP contribution in [0.5, 0.6) is 11.5 Å². The van der Waals surface area contributed by atoms with Gasteiger partial charge in [-0.05, 0) is 66.2 Å². The fraction of sp³-hybridized carbons (Fsp3) is 0.190. The Bertz CT molecular complexity index is 969. The summed E-state index contributed by atoms with van der Waals surface area (Å²) < 4.78 is 10.6. The van der Waals surface area contributed by atoms with Crippen LogP contribution in [-0.2, 0) is 9.59 Å². The van der Waals surface area contributed by atoms with Crippen molar-refractivity contribution in [3.63, 3.8) is 0 Å². The molecule has 29 heavy (non-hydrogen) atoms. The van der Waals surface area contributed by atoms with Crippen LogP contribution in [-0.4, -0.2) is 35.4 Å². The van der Waals surface area contributed by atoms with E-state index in [1.165, 1.54) is 7.11 Å². The maximum atomic E-state index is 12.7. The molecular weight excluding hydrogens is 394 g/mol. The monoisotopic (exact) mass is 413 g/mol. The predicted molar refractivity (Wildman–Crippen MR) is 110 cm³/mol. The van der Waals surface area contributed by atoms with Gasteiger partial charge in [-0.1, -0.05) is 19.1 Å². The van der Waals surface area contributed by atoms with Crippen molar-refractivity contribution >= 4 is 40.6 Å². The van der Waals surface area contributed by atoms with Crippen molar-refractivity contribution in [1.82, 2.24) is 0 Å². The van der Waals surface area contributed by atoms with Crippen LogP contribution in [0.15, 0.2) is 53.4 Å². The Morgan fingerprint density at radius 2 is 1.90 bits per heavy atom. The third-order valence-corrected chi connectivity index (χ3v) is 5.07. The number of hydrogen-bond acceptors (Lipinski definition) is 6. The SMILES string of the molecule is CCC(Oc1cccc(/C=C2/SC(=O)N(c3ccc(OC)cc3)C2=O)c1)C(=O)O. The molecule has 1 N–H and O–H groups in total. The minimum Gasteiger partial charge on any atom is -0.497 e. The molecule has 1 atom stereocenters. The number of imide groups is 1. The van der Waals surface area contributed by atoms with Crippen LogP contribution in [0.3, 0.4) is 0 Å². The Morgan fingerprint density at radius 1 is 1.17 bits per heavy atom. The molecule has 1 aliphatic rings. The number of anilines is 1. The topological polar surface area (TPSA) is 93.1 Å². The van der Waals surface area contributed by atoms with Gasteiger partial charge < -0.3 is 14.6 Å². The lowest BCUT2D eigenvalue weighted by atomic mass is 10.2. The summed E-state index contributed by atoms with van der Waals surface area (Å²) in [7, 11) is 1.54. The fourth-order valence-corrected chi connectivity index (χ4v) is 3.56. The molecule has 1 saturated heterocycles. The van der Waals surface area contributed by atoms with Gasteiger partial charge in [-0.2, -0.15) is 0 Å². The van der Waals surface area contributed by atoms with Gasteiger partial charge in [-0.15, -0.1) is 0 Å². The summed E-state index contributed by atoms with van der Waals surface area (Å²) in [6.07, 6.45) is 0.955. The number of carboxylic acids is 1. The first-order chi connectivity index (χ1) is 13.9. The van der Waals surface area contributed by atoms with Gasteiger partial charge in [0.1, 0.15) is 11.5 Å². The molecule has 0 aliphatic carbocycles. The second-order valence-electron chi connectivity index (χ2n) is 6.14. The number of carboxylic acid groups (broad SMARTS) is 1. The number of amides is 2. The summed E-state index contributed by atoms with van der Waals surface area (Å²) in [5.41, 5.74) is 1.09. The highest BCUT2D eigenvalue weighted by molar-refractivity contribution is 8.19. The largest absolute Gasteiger partial charge is 0.497 e. The Hall–Kier alpha value is -3.26. The average Bonchev–Trinajstić information content (AvgIpc) is 2.99. The highest BCUT2D eigenvalue weighted by atomic mass is 32.2. The Kier molecular flexibility index (Phi) is 6.23. The average molecular weight is 413 g/mol. The molecule has 2 aromatic rings. The zero-order valence-electron chi connectivity index (χ0n) is 15.8. The van der Waals surface area contributed by atoms with E-state index >= 15 is 0 Å². The molecule has 0 spiro atoms. The van der Waals surface area contributed by atoms with E-state index < -0.39 is 23.2 Å². The molecule has 8 heteroatoms. The van der Waals surface area contributed by atoms with Crippen LogP contribution >= 0.6 is 11.8 Å². The van der Waals surface area contributed by atoms with Crippen LogP contribution in [0.1, 0.15) is 18.9 Å². The number of carbonyl (C=O) groups excluding carboxylic acids is 2. The second kappa shape index (κ2) is 8.83. The molecule has 0 radical (unpaired) electrons. The van der Waals surface area contributed by atoms with E-state index in [2.05, 4.69) is 0 Å². The van der Waals surface area contributed by atoms with Crippen LogP contribution in [0.25, 0.3) is 6.08 Å². The number of aliphatic carboxylic acids is 1. The molecule has 150 valence electrons. The van der Waals surface area contributed by atoms with Crippen molar-refractivity contribution < 1.29 is 29.0 Å².